The Bertz CT molecular complexity index is 898. The summed E-state index contributed by atoms with van der Waals surface area (Å²) in [4.78, 5) is 15.8. The molecule has 1 aromatic heterocycles. The van der Waals surface area contributed by atoms with E-state index in [-0.39, 0.29) is 16.7 Å². The van der Waals surface area contributed by atoms with Gasteiger partial charge in [0.15, 0.2) is 0 Å². The molecule has 1 aliphatic heterocycles. The third-order valence-electron chi connectivity index (χ3n) is 4.26. The molecule has 1 saturated heterocycles. The number of amides is 1. The molecule has 9 heteroatoms. The molecule has 2 aromatic rings. The van der Waals surface area contributed by atoms with E-state index in [1.807, 2.05) is 5.38 Å². The van der Waals surface area contributed by atoms with Crippen molar-refractivity contribution in [2.24, 2.45) is 0 Å². The van der Waals surface area contributed by atoms with Crippen LogP contribution in [-0.4, -0.2) is 36.7 Å². The lowest BCUT2D eigenvalue weighted by Crippen LogP contribution is -2.39. The molecule has 2 heterocycles. The minimum Gasteiger partial charge on any atom is -0.351 e. The molecule has 0 spiro atoms. The first-order valence-corrected chi connectivity index (χ1v) is 11.0. The summed E-state index contributed by atoms with van der Waals surface area (Å²) in [5.41, 5.74) is 0.801. The smallest absolute Gasteiger partial charge is 0.243 e. The third kappa shape index (κ3) is 4.43. The van der Waals surface area contributed by atoms with Crippen molar-refractivity contribution < 1.29 is 13.2 Å². The van der Waals surface area contributed by atoms with E-state index in [1.165, 1.54) is 28.6 Å². The van der Waals surface area contributed by atoms with E-state index in [9.17, 15) is 13.2 Å². The van der Waals surface area contributed by atoms with Crippen LogP contribution in [0.2, 0.25) is 5.02 Å². The number of rotatable bonds is 5. The Hall–Kier alpha value is -1.48. The highest BCUT2D eigenvalue weighted by molar-refractivity contribution is 7.89. The monoisotopic (exact) mass is 413 g/mol. The fourth-order valence-electron chi connectivity index (χ4n) is 2.95. The summed E-state index contributed by atoms with van der Waals surface area (Å²) in [6.45, 7) is 2.76. The first kappa shape index (κ1) is 19.3. The van der Waals surface area contributed by atoms with E-state index < -0.39 is 10.0 Å². The quantitative estimate of drug-likeness (QED) is 0.817. The van der Waals surface area contributed by atoms with Gasteiger partial charge in [-0.15, -0.1) is 11.3 Å². The predicted octanol–water partition coefficient (Wildman–Crippen LogP) is 3.00. The van der Waals surface area contributed by atoms with Gasteiger partial charge in [-0.2, -0.15) is 4.31 Å². The summed E-state index contributed by atoms with van der Waals surface area (Å²) in [7, 11) is -3.57. The molecule has 1 N–H and O–H groups in total. The van der Waals surface area contributed by atoms with Crippen LogP contribution in [0.5, 0.6) is 0 Å². The van der Waals surface area contributed by atoms with Crippen LogP contribution in [0.4, 0.5) is 0 Å². The zero-order chi connectivity index (χ0) is 18.7. The highest BCUT2D eigenvalue weighted by atomic mass is 35.5. The van der Waals surface area contributed by atoms with Gasteiger partial charge in [-0.25, -0.2) is 13.4 Å². The molecule has 0 aliphatic carbocycles. The second-order valence-corrected chi connectivity index (χ2v) is 9.51. The molecule has 0 radical (unpaired) electrons. The summed E-state index contributed by atoms with van der Waals surface area (Å²) in [6, 6.07) is 6.35. The standard InChI is InChI=1S/C17H20ClN3O3S2/c1-12(22)19-9-15-11-25-17(20-15)13-4-3-7-21(10-13)26(23,24)16-6-2-5-14(18)8-16/h2,5-6,8,11,13H,3-4,7,9-10H2,1H3,(H,19,22)/t13-/m0/s1. The van der Waals surface area contributed by atoms with Gasteiger partial charge in [-0.1, -0.05) is 17.7 Å². The highest BCUT2D eigenvalue weighted by Crippen LogP contribution is 2.32. The minimum absolute atomic E-state index is 0.0637. The molecule has 1 aliphatic rings. The van der Waals surface area contributed by atoms with E-state index in [0.717, 1.165) is 23.5 Å². The van der Waals surface area contributed by atoms with E-state index in [0.29, 0.717) is 24.7 Å². The number of thiazole rings is 1. The van der Waals surface area contributed by atoms with Gasteiger partial charge in [-0.05, 0) is 31.0 Å². The number of piperidine rings is 1. The first-order valence-electron chi connectivity index (χ1n) is 8.30. The number of nitrogens with zero attached hydrogens (tertiary/aromatic N) is 2. The molecule has 0 saturated carbocycles. The average Bonchev–Trinajstić information content (AvgIpc) is 3.09. The summed E-state index contributed by atoms with van der Waals surface area (Å²) in [5, 5.41) is 5.95. The minimum atomic E-state index is -3.57. The van der Waals surface area contributed by atoms with Gasteiger partial charge >= 0.3 is 0 Å². The Morgan fingerprint density at radius 1 is 1.46 bits per heavy atom. The molecule has 1 aromatic carbocycles. The lowest BCUT2D eigenvalue weighted by molar-refractivity contribution is -0.119. The normalized spacial score (nSPS) is 18.6. The molecule has 140 valence electrons. The molecular formula is C17H20ClN3O3S2. The first-order chi connectivity index (χ1) is 12.4. The van der Waals surface area contributed by atoms with Crippen LogP contribution >= 0.6 is 22.9 Å². The van der Waals surface area contributed by atoms with Crippen LogP contribution in [-0.2, 0) is 21.4 Å². The Kier molecular flexibility index (Phi) is 5.96. The number of halogens is 1. The van der Waals surface area contributed by atoms with Crippen LogP contribution in [0.15, 0.2) is 34.5 Å². The van der Waals surface area contributed by atoms with Crippen molar-refractivity contribution in [3.63, 3.8) is 0 Å². The third-order valence-corrected chi connectivity index (χ3v) is 7.41. The summed E-state index contributed by atoms with van der Waals surface area (Å²) in [5.74, 6) is -0.0372. The summed E-state index contributed by atoms with van der Waals surface area (Å²) < 4.78 is 27.3. The number of carbonyl (C=O) groups excluding carboxylic acids is 1. The average molecular weight is 414 g/mol. The van der Waals surface area contributed by atoms with Crippen molar-refractivity contribution in [1.82, 2.24) is 14.6 Å². The maximum Gasteiger partial charge on any atom is 0.243 e. The van der Waals surface area contributed by atoms with Gasteiger partial charge in [0, 0.05) is 36.3 Å². The molecule has 1 fully saturated rings. The van der Waals surface area contributed by atoms with E-state index in [4.69, 9.17) is 11.6 Å². The molecule has 1 amide bonds. The van der Waals surface area contributed by atoms with E-state index in [2.05, 4.69) is 10.3 Å². The summed E-state index contributed by atoms with van der Waals surface area (Å²) in [6.07, 6.45) is 1.68. The number of hydrogen-bond acceptors (Lipinski definition) is 5. The zero-order valence-corrected chi connectivity index (χ0v) is 16.7. The van der Waals surface area contributed by atoms with Crippen molar-refractivity contribution in [3.05, 3.63) is 45.4 Å². The fourth-order valence-corrected chi connectivity index (χ4v) is 5.72. The van der Waals surface area contributed by atoms with Crippen LogP contribution in [0.3, 0.4) is 0 Å². The Labute approximate surface area is 162 Å². The zero-order valence-electron chi connectivity index (χ0n) is 14.3. The second kappa shape index (κ2) is 8.04. The van der Waals surface area contributed by atoms with Crippen LogP contribution in [0, 0.1) is 0 Å². The number of nitrogens with one attached hydrogen (secondary N) is 1. The number of sulfonamides is 1. The Balaban J connectivity index is 1.74. The van der Waals surface area contributed by atoms with E-state index in [1.54, 1.807) is 18.2 Å². The topological polar surface area (TPSA) is 79.4 Å². The van der Waals surface area contributed by atoms with Gasteiger partial charge < -0.3 is 5.32 Å². The fraction of sp³-hybridized carbons (Fsp3) is 0.412. The molecule has 1 atom stereocenters. The lowest BCUT2D eigenvalue weighted by atomic mass is 10.0. The van der Waals surface area contributed by atoms with Crippen LogP contribution in [0.1, 0.15) is 36.4 Å². The Morgan fingerprint density at radius 2 is 2.27 bits per heavy atom. The predicted molar refractivity (Wildman–Crippen MR) is 102 cm³/mol. The van der Waals surface area contributed by atoms with Crippen LogP contribution < -0.4 is 5.32 Å². The van der Waals surface area contributed by atoms with Gasteiger partial charge in [-0.3, -0.25) is 4.79 Å². The van der Waals surface area contributed by atoms with Crippen molar-refractivity contribution >= 4 is 38.9 Å². The molecule has 0 bridgehead atoms. The van der Waals surface area contributed by atoms with Crippen LogP contribution in [0.25, 0.3) is 0 Å². The lowest BCUT2D eigenvalue weighted by Gasteiger charge is -2.31. The van der Waals surface area contributed by atoms with Gasteiger partial charge in [0.2, 0.25) is 15.9 Å². The van der Waals surface area contributed by atoms with Crippen molar-refractivity contribution in [2.75, 3.05) is 13.1 Å². The highest BCUT2D eigenvalue weighted by Gasteiger charge is 2.32. The van der Waals surface area contributed by atoms with Crippen molar-refractivity contribution in [2.45, 2.75) is 37.1 Å². The molecule has 3 rings (SSSR count). The number of carbonyl (C=O) groups is 1. The SMILES string of the molecule is CC(=O)NCc1csc([C@H]2CCCN(S(=O)(=O)c3cccc(Cl)c3)C2)n1. The van der Waals surface area contributed by atoms with Gasteiger partial charge in [0.25, 0.3) is 0 Å². The van der Waals surface area contributed by atoms with Crippen molar-refractivity contribution in [3.8, 4) is 0 Å². The van der Waals surface area contributed by atoms with Gasteiger partial charge in [0.1, 0.15) is 0 Å². The number of hydrogen-bond donors (Lipinski definition) is 1. The maximum absolute atomic E-state index is 12.9. The molecular weight excluding hydrogens is 394 g/mol. The van der Waals surface area contributed by atoms with Gasteiger partial charge in [0.05, 0.1) is 22.1 Å². The molecule has 0 unspecified atom stereocenters. The summed E-state index contributed by atoms with van der Waals surface area (Å²) >= 11 is 7.46. The Morgan fingerprint density at radius 3 is 3.00 bits per heavy atom. The number of benzene rings is 1. The van der Waals surface area contributed by atoms with Crippen molar-refractivity contribution in [1.29, 1.82) is 0 Å². The molecule has 6 nitrogen and oxygen atoms in total. The molecule has 26 heavy (non-hydrogen) atoms. The maximum atomic E-state index is 12.9. The largest absolute Gasteiger partial charge is 0.351 e. The van der Waals surface area contributed by atoms with E-state index >= 15 is 0 Å². The second-order valence-electron chi connectivity index (χ2n) is 6.25. The number of aromatic nitrogens is 1.